The van der Waals surface area contributed by atoms with Gasteiger partial charge in [-0.25, -0.2) is 4.79 Å². The zero-order chi connectivity index (χ0) is 13.5. The number of carboxylic acid groups (broad SMARTS) is 1. The van der Waals surface area contributed by atoms with Gasteiger partial charge in [-0.3, -0.25) is 4.79 Å². The average Bonchev–Trinajstić information content (AvgIpc) is 2.30. The van der Waals surface area contributed by atoms with Crippen LogP contribution in [0.15, 0.2) is 18.2 Å². The van der Waals surface area contributed by atoms with E-state index in [1.807, 2.05) is 0 Å². The lowest BCUT2D eigenvalue weighted by Crippen LogP contribution is -1.97. The molecule has 0 bridgehead atoms. The van der Waals surface area contributed by atoms with Crippen LogP contribution in [0.4, 0.5) is 0 Å². The van der Waals surface area contributed by atoms with E-state index in [1.54, 1.807) is 6.07 Å². The molecule has 0 atom stereocenters. The summed E-state index contributed by atoms with van der Waals surface area (Å²) in [4.78, 5) is 21.4. The van der Waals surface area contributed by atoms with Gasteiger partial charge < -0.3 is 10.2 Å². The summed E-state index contributed by atoms with van der Waals surface area (Å²) >= 11 is 1.20. The smallest absolute Gasteiger partial charge is 0.339 e. The number of hydrogen-bond acceptors (Lipinski definition) is 4. The third-order valence-corrected chi connectivity index (χ3v) is 2.81. The third kappa shape index (κ3) is 4.52. The maximum Gasteiger partial charge on any atom is 0.339 e. The van der Waals surface area contributed by atoms with Crippen LogP contribution in [-0.2, 0) is 4.79 Å². The molecule has 0 amide bonds. The Morgan fingerprint density at radius 2 is 2.11 bits per heavy atom. The van der Waals surface area contributed by atoms with Crippen molar-refractivity contribution in [2.45, 2.75) is 13.3 Å². The van der Waals surface area contributed by atoms with E-state index in [9.17, 15) is 14.7 Å². The molecular formula is C13H12O4S. The molecule has 1 aromatic carbocycles. The van der Waals surface area contributed by atoms with Gasteiger partial charge in [0.05, 0.1) is 0 Å². The second kappa shape index (κ2) is 6.72. The molecule has 0 radical (unpaired) electrons. The fourth-order valence-corrected chi connectivity index (χ4v) is 1.69. The Balaban J connectivity index is 2.68. The Labute approximate surface area is 109 Å². The quantitative estimate of drug-likeness (QED) is 0.646. The summed E-state index contributed by atoms with van der Waals surface area (Å²) in [6, 6.07) is 4.17. The monoisotopic (exact) mass is 264 g/mol. The van der Waals surface area contributed by atoms with E-state index < -0.39 is 5.97 Å². The van der Waals surface area contributed by atoms with E-state index in [4.69, 9.17) is 5.11 Å². The Morgan fingerprint density at radius 3 is 2.72 bits per heavy atom. The van der Waals surface area contributed by atoms with E-state index >= 15 is 0 Å². The molecule has 4 nitrogen and oxygen atoms in total. The summed E-state index contributed by atoms with van der Waals surface area (Å²) in [5.74, 6) is 4.79. The zero-order valence-corrected chi connectivity index (χ0v) is 10.6. The van der Waals surface area contributed by atoms with Crippen molar-refractivity contribution in [3.05, 3.63) is 29.3 Å². The maximum atomic E-state index is 10.8. The predicted molar refractivity (Wildman–Crippen MR) is 69.7 cm³/mol. The molecule has 0 aliphatic rings. The Bertz CT molecular complexity index is 526. The first-order chi connectivity index (χ1) is 8.50. The minimum atomic E-state index is -1.19. The topological polar surface area (TPSA) is 74.6 Å². The van der Waals surface area contributed by atoms with Crippen molar-refractivity contribution in [2.75, 3.05) is 5.75 Å². The molecular weight excluding hydrogens is 252 g/mol. The van der Waals surface area contributed by atoms with Crippen LogP contribution in [0.3, 0.4) is 0 Å². The Hall–Kier alpha value is -1.93. The number of benzene rings is 1. The predicted octanol–water partition coefficient (Wildman–Crippen LogP) is 2.11. The van der Waals surface area contributed by atoms with E-state index in [0.29, 0.717) is 17.7 Å². The van der Waals surface area contributed by atoms with Crippen molar-refractivity contribution in [1.82, 2.24) is 0 Å². The first kappa shape index (κ1) is 14.1. The van der Waals surface area contributed by atoms with Gasteiger partial charge in [-0.05, 0) is 18.2 Å². The highest BCUT2D eigenvalue weighted by Gasteiger charge is 2.08. The average molecular weight is 264 g/mol. The van der Waals surface area contributed by atoms with Gasteiger partial charge in [0.1, 0.15) is 11.3 Å². The number of phenols is 1. The van der Waals surface area contributed by atoms with Crippen molar-refractivity contribution in [3.63, 3.8) is 0 Å². The second-order valence-corrected chi connectivity index (χ2v) is 4.70. The van der Waals surface area contributed by atoms with E-state index in [2.05, 4.69) is 11.8 Å². The fourth-order valence-electron chi connectivity index (χ4n) is 1.20. The van der Waals surface area contributed by atoms with Crippen LogP contribution in [0.5, 0.6) is 5.75 Å². The molecule has 94 valence electrons. The highest BCUT2D eigenvalue weighted by Crippen LogP contribution is 2.17. The summed E-state index contributed by atoms with van der Waals surface area (Å²) in [6.07, 6.45) is 0.549. The molecule has 0 aliphatic carbocycles. The minimum absolute atomic E-state index is 0.0506. The molecule has 0 saturated heterocycles. The van der Waals surface area contributed by atoms with Crippen molar-refractivity contribution < 1.29 is 19.8 Å². The van der Waals surface area contributed by atoms with Gasteiger partial charge >= 0.3 is 5.97 Å². The molecule has 1 aromatic rings. The lowest BCUT2D eigenvalue weighted by molar-refractivity contribution is -0.109. The third-order valence-electron chi connectivity index (χ3n) is 1.99. The van der Waals surface area contributed by atoms with Crippen LogP contribution in [0.2, 0.25) is 0 Å². The van der Waals surface area contributed by atoms with Crippen LogP contribution in [0.1, 0.15) is 29.3 Å². The summed E-state index contributed by atoms with van der Waals surface area (Å²) in [5, 5.41) is 18.2. The van der Waals surface area contributed by atoms with Crippen LogP contribution < -0.4 is 0 Å². The van der Waals surface area contributed by atoms with Crippen molar-refractivity contribution in [2.24, 2.45) is 0 Å². The van der Waals surface area contributed by atoms with Gasteiger partial charge in [0.25, 0.3) is 0 Å². The lowest BCUT2D eigenvalue weighted by atomic mass is 10.1. The van der Waals surface area contributed by atoms with Crippen molar-refractivity contribution >= 4 is 22.8 Å². The lowest BCUT2D eigenvalue weighted by Gasteiger charge is -1.99. The van der Waals surface area contributed by atoms with Crippen LogP contribution >= 0.6 is 11.8 Å². The summed E-state index contributed by atoms with van der Waals surface area (Å²) in [6.45, 7) is 1.50. The zero-order valence-electron chi connectivity index (χ0n) is 9.77. The number of aromatic hydroxyl groups is 1. The SMILES string of the molecule is CC(=O)SCCC#Cc1ccc(O)c(C(=O)O)c1. The number of carboxylic acids is 1. The molecule has 0 fully saturated rings. The number of carbonyl (C=O) groups is 2. The number of hydrogen-bond donors (Lipinski definition) is 2. The van der Waals surface area contributed by atoms with Gasteiger partial charge in [0, 0.05) is 24.7 Å². The van der Waals surface area contributed by atoms with Crippen LogP contribution in [0, 0.1) is 11.8 Å². The number of rotatable bonds is 3. The molecule has 1 rings (SSSR count). The normalized spacial score (nSPS) is 9.39. The highest BCUT2D eigenvalue weighted by molar-refractivity contribution is 8.13. The van der Waals surface area contributed by atoms with Gasteiger partial charge in [0.2, 0.25) is 0 Å². The molecule has 2 N–H and O–H groups in total. The summed E-state index contributed by atoms with van der Waals surface area (Å²) in [7, 11) is 0. The molecule has 0 heterocycles. The molecule has 18 heavy (non-hydrogen) atoms. The fraction of sp³-hybridized carbons (Fsp3) is 0.231. The van der Waals surface area contributed by atoms with Crippen LogP contribution in [-0.4, -0.2) is 27.1 Å². The molecule has 0 aromatic heterocycles. The van der Waals surface area contributed by atoms with Gasteiger partial charge in [0.15, 0.2) is 5.12 Å². The largest absolute Gasteiger partial charge is 0.507 e. The number of carbonyl (C=O) groups excluding carboxylic acids is 1. The minimum Gasteiger partial charge on any atom is -0.507 e. The molecule has 0 unspecified atom stereocenters. The standard InChI is InChI=1S/C13H12O4S/c1-9(14)18-7-3-2-4-10-5-6-12(15)11(8-10)13(16)17/h5-6,8,15H,3,7H2,1H3,(H,16,17). The first-order valence-electron chi connectivity index (χ1n) is 5.19. The first-order valence-corrected chi connectivity index (χ1v) is 6.18. The summed E-state index contributed by atoms with van der Waals surface area (Å²) in [5.41, 5.74) is 0.359. The van der Waals surface area contributed by atoms with Crippen molar-refractivity contribution in [3.8, 4) is 17.6 Å². The van der Waals surface area contributed by atoms with Gasteiger partial charge in [-0.1, -0.05) is 23.6 Å². The Kier molecular flexibility index (Phi) is 5.28. The van der Waals surface area contributed by atoms with Gasteiger partial charge in [-0.15, -0.1) is 0 Å². The van der Waals surface area contributed by atoms with Gasteiger partial charge in [-0.2, -0.15) is 0 Å². The van der Waals surface area contributed by atoms with Crippen LogP contribution in [0.25, 0.3) is 0 Å². The Morgan fingerprint density at radius 1 is 1.39 bits per heavy atom. The molecule has 0 spiro atoms. The van der Waals surface area contributed by atoms with E-state index in [1.165, 1.54) is 30.8 Å². The molecule has 0 saturated carbocycles. The van der Waals surface area contributed by atoms with E-state index in [0.717, 1.165) is 0 Å². The molecule has 0 aliphatic heterocycles. The highest BCUT2D eigenvalue weighted by atomic mass is 32.2. The second-order valence-electron chi connectivity index (χ2n) is 3.43. The maximum absolute atomic E-state index is 10.8. The van der Waals surface area contributed by atoms with E-state index in [-0.39, 0.29) is 16.4 Å². The number of thioether (sulfide) groups is 1. The molecule has 5 heteroatoms. The summed E-state index contributed by atoms with van der Waals surface area (Å²) < 4.78 is 0. The number of aromatic carboxylic acids is 1. The van der Waals surface area contributed by atoms with Crippen molar-refractivity contribution in [1.29, 1.82) is 0 Å².